The van der Waals surface area contributed by atoms with Crippen molar-refractivity contribution in [3.8, 4) is 5.75 Å². The van der Waals surface area contributed by atoms with E-state index in [2.05, 4.69) is 0 Å². The molecule has 2 aromatic carbocycles. The van der Waals surface area contributed by atoms with Crippen LogP contribution in [0.4, 0.5) is 0 Å². The third-order valence-corrected chi connectivity index (χ3v) is 5.90. The minimum atomic E-state index is -3.63. The van der Waals surface area contributed by atoms with E-state index in [1.807, 2.05) is 24.3 Å². The van der Waals surface area contributed by atoms with Crippen molar-refractivity contribution in [2.24, 2.45) is 0 Å². The number of hydrogen-bond acceptors (Lipinski definition) is 6. The molecule has 0 N–H and O–H groups in total. The van der Waals surface area contributed by atoms with Crippen LogP contribution in [0, 0.1) is 0 Å². The number of carbonyl (C=O) groups excluding carboxylic acids is 2. The maximum absolute atomic E-state index is 12.6. The Morgan fingerprint density at radius 3 is 2.32 bits per heavy atom. The van der Waals surface area contributed by atoms with Gasteiger partial charge in [0.2, 0.25) is 10.0 Å². The van der Waals surface area contributed by atoms with Crippen LogP contribution in [0.2, 0.25) is 0 Å². The monoisotopic (exact) mass is 403 g/mol. The predicted molar refractivity (Wildman–Crippen MR) is 103 cm³/mol. The van der Waals surface area contributed by atoms with Gasteiger partial charge < -0.3 is 9.47 Å². The van der Waals surface area contributed by atoms with E-state index in [0.717, 1.165) is 21.7 Å². The number of nitrogens with zero attached hydrogens (tertiary/aromatic N) is 1. The fourth-order valence-electron chi connectivity index (χ4n) is 3.14. The summed E-state index contributed by atoms with van der Waals surface area (Å²) in [5.41, 5.74) is 2.12. The molecule has 148 valence electrons. The van der Waals surface area contributed by atoms with Crippen molar-refractivity contribution in [2.45, 2.75) is 19.0 Å². The van der Waals surface area contributed by atoms with Gasteiger partial charge in [-0.15, -0.1) is 0 Å². The molecule has 8 heteroatoms. The number of esters is 1. The molecule has 1 aliphatic rings. The van der Waals surface area contributed by atoms with Gasteiger partial charge in [0.15, 0.2) is 12.4 Å². The molecule has 0 bridgehead atoms. The van der Waals surface area contributed by atoms with E-state index in [4.69, 9.17) is 9.47 Å². The van der Waals surface area contributed by atoms with Gasteiger partial charge in [-0.3, -0.25) is 9.59 Å². The molecule has 1 aliphatic heterocycles. The minimum Gasteiger partial charge on any atom is -0.497 e. The summed E-state index contributed by atoms with van der Waals surface area (Å²) in [6.07, 6.45) is 1.27. The molecule has 0 aromatic heterocycles. The zero-order valence-corrected chi connectivity index (χ0v) is 16.4. The van der Waals surface area contributed by atoms with Crippen LogP contribution in [0.15, 0.2) is 48.5 Å². The number of fused-ring (bicyclic) bond motifs is 1. The summed E-state index contributed by atoms with van der Waals surface area (Å²) < 4.78 is 35.7. The first-order chi connectivity index (χ1) is 13.3. The summed E-state index contributed by atoms with van der Waals surface area (Å²) in [4.78, 5) is 24.9. The summed E-state index contributed by atoms with van der Waals surface area (Å²) >= 11 is 0. The molecule has 7 nitrogen and oxygen atoms in total. The number of Topliss-reactive ketones (excluding diaryl/α,β-unsaturated/α-hetero) is 1. The molecule has 0 saturated heterocycles. The number of hydrogen-bond donors (Lipinski definition) is 0. The van der Waals surface area contributed by atoms with Crippen LogP contribution in [0.25, 0.3) is 0 Å². The van der Waals surface area contributed by atoms with Crippen molar-refractivity contribution >= 4 is 21.8 Å². The lowest BCUT2D eigenvalue weighted by molar-refractivity contribution is -0.147. The first kappa shape index (κ1) is 20.0. The van der Waals surface area contributed by atoms with Gasteiger partial charge in [0, 0.05) is 18.5 Å². The summed E-state index contributed by atoms with van der Waals surface area (Å²) in [6.45, 7) is -0.359. The minimum absolute atomic E-state index is 0.0984. The highest BCUT2D eigenvalue weighted by Crippen LogP contribution is 2.26. The molecule has 0 spiro atoms. The fourth-order valence-corrected chi connectivity index (χ4v) is 4.14. The predicted octanol–water partition coefficient (Wildman–Crippen LogP) is 1.81. The Morgan fingerprint density at radius 2 is 1.71 bits per heavy atom. The maximum atomic E-state index is 12.6. The van der Waals surface area contributed by atoms with E-state index in [0.29, 0.717) is 11.3 Å². The van der Waals surface area contributed by atoms with Crippen molar-refractivity contribution in [2.75, 3.05) is 20.0 Å². The van der Waals surface area contributed by atoms with Gasteiger partial charge in [-0.1, -0.05) is 24.3 Å². The lowest BCUT2D eigenvalue weighted by atomic mass is 9.96. The Balaban J connectivity index is 1.71. The molecule has 0 saturated carbocycles. The third-order valence-electron chi connectivity index (χ3n) is 4.66. The number of rotatable bonds is 6. The first-order valence-electron chi connectivity index (χ1n) is 8.67. The molecule has 0 radical (unpaired) electrons. The smallest absolute Gasteiger partial charge is 0.325 e. The normalized spacial score (nSPS) is 16.9. The van der Waals surface area contributed by atoms with Crippen LogP contribution < -0.4 is 4.74 Å². The van der Waals surface area contributed by atoms with Gasteiger partial charge in [0.1, 0.15) is 11.8 Å². The third kappa shape index (κ3) is 4.40. The Kier molecular flexibility index (Phi) is 5.81. The van der Waals surface area contributed by atoms with Crippen LogP contribution in [-0.2, 0) is 32.5 Å². The van der Waals surface area contributed by atoms with Crippen molar-refractivity contribution in [1.29, 1.82) is 0 Å². The summed E-state index contributed by atoms with van der Waals surface area (Å²) in [7, 11) is -2.11. The lowest BCUT2D eigenvalue weighted by Gasteiger charge is -2.33. The molecular weight excluding hydrogens is 382 g/mol. The van der Waals surface area contributed by atoms with Crippen LogP contribution in [0.3, 0.4) is 0 Å². The quantitative estimate of drug-likeness (QED) is 0.540. The van der Waals surface area contributed by atoms with Crippen molar-refractivity contribution in [3.05, 3.63) is 65.2 Å². The van der Waals surface area contributed by atoms with Gasteiger partial charge in [-0.05, 0) is 35.4 Å². The average molecular weight is 403 g/mol. The van der Waals surface area contributed by atoms with E-state index in [1.165, 1.54) is 7.11 Å². The van der Waals surface area contributed by atoms with Crippen molar-refractivity contribution in [3.63, 3.8) is 0 Å². The van der Waals surface area contributed by atoms with Gasteiger partial charge in [0.05, 0.1) is 13.4 Å². The highest BCUT2D eigenvalue weighted by Gasteiger charge is 2.38. The number of benzene rings is 2. The molecular formula is C20H21NO6S. The Hall–Kier alpha value is -2.71. The number of sulfonamides is 1. The van der Waals surface area contributed by atoms with Crippen LogP contribution in [0.1, 0.15) is 21.5 Å². The Labute approximate surface area is 163 Å². The van der Waals surface area contributed by atoms with E-state index in [1.54, 1.807) is 24.3 Å². The number of methoxy groups -OCH3 is 1. The zero-order valence-electron chi connectivity index (χ0n) is 15.6. The van der Waals surface area contributed by atoms with Crippen LogP contribution in [0.5, 0.6) is 5.75 Å². The number of carbonyl (C=O) groups is 2. The molecule has 0 unspecified atom stereocenters. The SMILES string of the molecule is COc1ccc(C(=O)COC(=O)[C@@H]2Cc3ccccc3CN2S(C)(=O)=O)cc1. The topological polar surface area (TPSA) is 90.0 Å². The second-order valence-electron chi connectivity index (χ2n) is 6.56. The second kappa shape index (κ2) is 8.12. The molecule has 0 amide bonds. The number of ketones is 1. The Bertz CT molecular complexity index is 984. The fraction of sp³-hybridized carbons (Fsp3) is 0.300. The first-order valence-corrected chi connectivity index (χ1v) is 10.5. The molecule has 1 heterocycles. The van der Waals surface area contributed by atoms with E-state index >= 15 is 0 Å². The number of ether oxygens (including phenoxy) is 2. The summed E-state index contributed by atoms with van der Waals surface area (Å²) in [5.74, 6) is -0.502. The lowest BCUT2D eigenvalue weighted by Crippen LogP contribution is -2.49. The van der Waals surface area contributed by atoms with E-state index < -0.39 is 28.6 Å². The summed E-state index contributed by atoms with van der Waals surface area (Å²) in [6, 6.07) is 12.8. The average Bonchev–Trinajstić information content (AvgIpc) is 2.70. The van der Waals surface area contributed by atoms with Crippen molar-refractivity contribution in [1.82, 2.24) is 4.31 Å². The Morgan fingerprint density at radius 1 is 1.07 bits per heavy atom. The van der Waals surface area contributed by atoms with Gasteiger partial charge in [-0.25, -0.2) is 8.42 Å². The molecule has 28 heavy (non-hydrogen) atoms. The van der Waals surface area contributed by atoms with Crippen LogP contribution >= 0.6 is 0 Å². The molecule has 0 aliphatic carbocycles. The highest BCUT2D eigenvalue weighted by molar-refractivity contribution is 7.88. The van der Waals surface area contributed by atoms with Gasteiger partial charge in [-0.2, -0.15) is 4.31 Å². The standard InChI is InChI=1S/C20H21NO6S/c1-26-17-9-7-14(8-10-17)19(22)13-27-20(23)18-11-15-5-3-4-6-16(15)12-21(18)28(2,24)25/h3-10,18H,11-13H2,1-2H3/t18-/m0/s1. The summed E-state index contributed by atoms with van der Waals surface area (Å²) in [5, 5.41) is 0. The molecule has 3 rings (SSSR count). The highest BCUT2D eigenvalue weighted by atomic mass is 32.2. The molecule has 0 fully saturated rings. The maximum Gasteiger partial charge on any atom is 0.325 e. The van der Waals surface area contributed by atoms with Gasteiger partial charge in [0.25, 0.3) is 0 Å². The molecule has 2 aromatic rings. The largest absolute Gasteiger partial charge is 0.497 e. The van der Waals surface area contributed by atoms with Gasteiger partial charge >= 0.3 is 5.97 Å². The molecule has 1 atom stereocenters. The zero-order chi connectivity index (χ0) is 20.3. The van der Waals surface area contributed by atoms with Crippen LogP contribution in [-0.4, -0.2) is 50.5 Å². The van der Waals surface area contributed by atoms with Crippen molar-refractivity contribution < 1.29 is 27.5 Å². The second-order valence-corrected chi connectivity index (χ2v) is 8.49. The van der Waals surface area contributed by atoms with E-state index in [9.17, 15) is 18.0 Å². The van der Waals surface area contributed by atoms with E-state index in [-0.39, 0.29) is 18.7 Å².